The summed E-state index contributed by atoms with van der Waals surface area (Å²) in [5.74, 6) is 0. The van der Waals surface area contributed by atoms with Gasteiger partial charge in [0.15, 0.2) is 0 Å². The summed E-state index contributed by atoms with van der Waals surface area (Å²) in [7, 11) is 1.96. The second-order valence-corrected chi connectivity index (χ2v) is 5.56. The van der Waals surface area contributed by atoms with Gasteiger partial charge in [0.1, 0.15) is 5.52 Å². The lowest BCUT2D eigenvalue weighted by molar-refractivity contribution is 0.783. The molecule has 1 aromatic carbocycles. The summed E-state index contributed by atoms with van der Waals surface area (Å²) in [5, 5.41) is 5.66. The largest absolute Gasteiger partial charge is 0.359 e. The van der Waals surface area contributed by atoms with Crippen LogP contribution in [-0.4, -0.2) is 19.7 Å². The quantitative estimate of drug-likeness (QED) is 0.575. The number of fused-ring (bicyclic) bond motifs is 2. The Balaban J connectivity index is 1.92. The van der Waals surface area contributed by atoms with Crippen LogP contribution in [0.2, 0.25) is 0 Å². The van der Waals surface area contributed by atoms with Crippen molar-refractivity contribution in [2.75, 3.05) is 0 Å². The monoisotopic (exact) mass is 276 g/mol. The van der Waals surface area contributed by atoms with Crippen LogP contribution in [0.15, 0.2) is 36.5 Å². The number of aryl methyl sites for hydroxylation is 3. The second kappa shape index (κ2) is 4.19. The Bertz CT molecular complexity index is 975. The Hall–Kier alpha value is -2.62. The Morgan fingerprint density at radius 3 is 2.76 bits per heavy atom. The van der Waals surface area contributed by atoms with E-state index in [1.54, 1.807) is 0 Å². The minimum Gasteiger partial charge on any atom is -0.359 e. The molecule has 0 spiro atoms. The smallest absolute Gasteiger partial charge is 0.111 e. The van der Waals surface area contributed by atoms with Crippen LogP contribution in [0.1, 0.15) is 11.4 Å². The van der Waals surface area contributed by atoms with Gasteiger partial charge in [-0.1, -0.05) is 6.07 Å². The summed E-state index contributed by atoms with van der Waals surface area (Å²) in [6.07, 6.45) is 1.93. The summed E-state index contributed by atoms with van der Waals surface area (Å²) in [6.45, 7) is 4.06. The van der Waals surface area contributed by atoms with Gasteiger partial charge in [0.25, 0.3) is 0 Å². The average molecular weight is 276 g/mol. The van der Waals surface area contributed by atoms with Crippen molar-refractivity contribution in [2.45, 2.75) is 13.8 Å². The van der Waals surface area contributed by atoms with Crippen molar-refractivity contribution in [1.82, 2.24) is 19.7 Å². The highest BCUT2D eigenvalue weighted by Gasteiger charge is 2.09. The Labute approximate surface area is 122 Å². The number of nitrogens with zero attached hydrogens (tertiary/aromatic N) is 3. The standard InChI is InChI=1S/C17H16N4/c1-10-6-13-7-12(4-5-15(13)19-10)14-8-16-17(18-9-14)11(2)20-21(16)3/h4-9,19H,1-3H3. The molecule has 0 aliphatic heterocycles. The zero-order valence-corrected chi connectivity index (χ0v) is 12.3. The molecular weight excluding hydrogens is 260 g/mol. The van der Waals surface area contributed by atoms with E-state index in [0.717, 1.165) is 22.3 Å². The van der Waals surface area contributed by atoms with Crippen molar-refractivity contribution in [3.05, 3.63) is 47.9 Å². The molecule has 0 saturated carbocycles. The molecule has 0 aliphatic rings. The van der Waals surface area contributed by atoms with E-state index in [9.17, 15) is 0 Å². The van der Waals surface area contributed by atoms with Crippen LogP contribution in [0.3, 0.4) is 0 Å². The van der Waals surface area contributed by atoms with E-state index in [4.69, 9.17) is 0 Å². The van der Waals surface area contributed by atoms with Gasteiger partial charge in [-0.25, -0.2) is 0 Å². The van der Waals surface area contributed by atoms with Crippen molar-refractivity contribution in [3.8, 4) is 11.1 Å². The molecule has 3 aromatic heterocycles. The zero-order valence-electron chi connectivity index (χ0n) is 12.3. The number of hydrogen-bond donors (Lipinski definition) is 1. The normalized spacial score (nSPS) is 11.6. The van der Waals surface area contributed by atoms with E-state index >= 15 is 0 Å². The van der Waals surface area contributed by atoms with E-state index < -0.39 is 0 Å². The second-order valence-electron chi connectivity index (χ2n) is 5.56. The number of nitrogens with one attached hydrogen (secondary N) is 1. The minimum absolute atomic E-state index is 0.968. The summed E-state index contributed by atoms with van der Waals surface area (Å²) < 4.78 is 1.89. The third kappa shape index (κ3) is 1.83. The molecule has 0 saturated heterocycles. The number of H-pyrrole nitrogens is 1. The van der Waals surface area contributed by atoms with Gasteiger partial charge in [0, 0.05) is 35.4 Å². The Morgan fingerprint density at radius 2 is 1.90 bits per heavy atom. The topological polar surface area (TPSA) is 46.5 Å². The third-order valence-electron chi connectivity index (χ3n) is 3.95. The van der Waals surface area contributed by atoms with Crippen molar-refractivity contribution >= 4 is 21.9 Å². The molecule has 4 aromatic rings. The first-order chi connectivity index (χ1) is 10.1. The Morgan fingerprint density at radius 1 is 1.05 bits per heavy atom. The molecule has 3 heterocycles. The fraction of sp³-hybridized carbons (Fsp3) is 0.176. The molecular formula is C17H16N4. The maximum atomic E-state index is 4.57. The van der Waals surface area contributed by atoms with E-state index in [2.05, 4.69) is 52.3 Å². The van der Waals surface area contributed by atoms with Crippen LogP contribution >= 0.6 is 0 Å². The predicted molar refractivity (Wildman–Crippen MR) is 85.3 cm³/mol. The van der Waals surface area contributed by atoms with Crippen LogP contribution in [-0.2, 0) is 7.05 Å². The molecule has 0 atom stereocenters. The number of hydrogen-bond acceptors (Lipinski definition) is 2. The lowest BCUT2D eigenvalue weighted by Crippen LogP contribution is -1.90. The van der Waals surface area contributed by atoms with E-state index in [1.165, 1.54) is 22.2 Å². The van der Waals surface area contributed by atoms with Gasteiger partial charge in [-0.05, 0) is 43.7 Å². The van der Waals surface area contributed by atoms with E-state index in [-0.39, 0.29) is 0 Å². The molecule has 0 fully saturated rings. The average Bonchev–Trinajstić information content (AvgIpc) is 2.97. The first kappa shape index (κ1) is 12.1. The van der Waals surface area contributed by atoms with Crippen molar-refractivity contribution in [2.24, 2.45) is 7.05 Å². The predicted octanol–water partition coefficient (Wildman–Crippen LogP) is 3.73. The molecule has 21 heavy (non-hydrogen) atoms. The van der Waals surface area contributed by atoms with Gasteiger partial charge in [-0.3, -0.25) is 9.67 Å². The SMILES string of the molecule is Cc1cc2cc(-c3cnc4c(C)nn(C)c4c3)ccc2[nH]1. The number of pyridine rings is 1. The highest BCUT2D eigenvalue weighted by Crippen LogP contribution is 2.27. The first-order valence-electron chi connectivity index (χ1n) is 7.01. The van der Waals surface area contributed by atoms with E-state index in [0.29, 0.717) is 0 Å². The maximum absolute atomic E-state index is 4.57. The first-order valence-corrected chi connectivity index (χ1v) is 7.01. The number of benzene rings is 1. The van der Waals surface area contributed by atoms with Gasteiger partial charge in [-0.2, -0.15) is 5.10 Å². The summed E-state index contributed by atoms with van der Waals surface area (Å²) in [4.78, 5) is 7.92. The molecule has 4 heteroatoms. The molecule has 4 nitrogen and oxygen atoms in total. The molecule has 0 bridgehead atoms. The van der Waals surface area contributed by atoms with Crippen molar-refractivity contribution < 1.29 is 0 Å². The highest BCUT2D eigenvalue weighted by molar-refractivity contribution is 5.88. The van der Waals surface area contributed by atoms with Crippen molar-refractivity contribution in [3.63, 3.8) is 0 Å². The molecule has 1 N–H and O–H groups in total. The Kier molecular flexibility index (Phi) is 2.42. The number of rotatable bonds is 1. The summed E-state index contributed by atoms with van der Waals surface area (Å²) in [6, 6.07) is 10.8. The van der Waals surface area contributed by atoms with Crippen LogP contribution in [0.25, 0.3) is 33.1 Å². The van der Waals surface area contributed by atoms with Crippen LogP contribution in [0, 0.1) is 13.8 Å². The molecule has 0 amide bonds. The van der Waals surface area contributed by atoms with Gasteiger partial charge in [-0.15, -0.1) is 0 Å². The molecule has 0 unspecified atom stereocenters. The van der Waals surface area contributed by atoms with Crippen LogP contribution in [0.4, 0.5) is 0 Å². The third-order valence-corrected chi connectivity index (χ3v) is 3.95. The number of aromatic amines is 1. The molecule has 0 radical (unpaired) electrons. The summed E-state index contributed by atoms with van der Waals surface area (Å²) in [5.41, 5.74) is 7.64. The van der Waals surface area contributed by atoms with Gasteiger partial charge in [0.2, 0.25) is 0 Å². The van der Waals surface area contributed by atoms with Gasteiger partial charge < -0.3 is 4.98 Å². The lowest BCUT2D eigenvalue weighted by Gasteiger charge is -2.03. The minimum atomic E-state index is 0.968. The van der Waals surface area contributed by atoms with E-state index in [1.807, 2.05) is 24.9 Å². The molecule has 104 valence electrons. The van der Waals surface area contributed by atoms with Crippen LogP contribution in [0.5, 0.6) is 0 Å². The highest BCUT2D eigenvalue weighted by atomic mass is 15.3. The van der Waals surface area contributed by atoms with Crippen molar-refractivity contribution in [1.29, 1.82) is 0 Å². The molecule has 0 aliphatic carbocycles. The van der Waals surface area contributed by atoms with Gasteiger partial charge in [0.05, 0.1) is 11.2 Å². The van der Waals surface area contributed by atoms with Gasteiger partial charge >= 0.3 is 0 Å². The maximum Gasteiger partial charge on any atom is 0.111 e. The summed E-state index contributed by atoms with van der Waals surface area (Å²) >= 11 is 0. The zero-order chi connectivity index (χ0) is 14.6. The fourth-order valence-electron chi connectivity index (χ4n) is 2.92. The number of aromatic nitrogens is 4. The lowest BCUT2D eigenvalue weighted by atomic mass is 10.1. The fourth-order valence-corrected chi connectivity index (χ4v) is 2.92. The van der Waals surface area contributed by atoms with Crippen LogP contribution < -0.4 is 0 Å². The molecule has 4 rings (SSSR count).